The number of hydrogen-bond donors (Lipinski definition) is 1. The third-order valence-corrected chi connectivity index (χ3v) is 7.53. The standard InChI is InChI=1S/C25H31ClN4O/c1-28-14-20-16-30(17-21(20)15-28)24-8-6-23(7-9-24)27-25(31)29-12-10-19(11-13-29)18-2-4-22(26)5-3-18/h2-9,19-21H,10-17H2,1H3,(H,27,31)/t20-,21+. The van der Waals surface area contributed by atoms with Crippen LogP contribution in [-0.2, 0) is 0 Å². The number of piperidine rings is 1. The van der Waals surface area contributed by atoms with Crippen LogP contribution in [0.1, 0.15) is 24.3 Å². The number of urea groups is 1. The Kier molecular flexibility index (Phi) is 5.81. The van der Waals surface area contributed by atoms with Gasteiger partial charge in [0.1, 0.15) is 0 Å². The van der Waals surface area contributed by atoms with Crippen molar-refractivity contribution in [1.82, 2.24) is 9.80 Å². The van der Waals surface area contributed by atoms with Gasteiger partial charge in [-0.3, -0.25) is 0 Å². The molecule has 0 bridgehead atoms. The summed E-state index contributed by atoms with van der Waals surface area (Å²) in [5.41, 5.74) is 3.45. The predicted octanol–water partition coefficient (Wildman–Crippen LogP) is 4.75. The van der Waals surface area contributed by atoms with E-state index in [2.05, 4.69) is 46.4 Å². The number of likely N-dealkylation sites (tertiary alicyclic amines) is 2. The number of carbonyl (C=O) groups excluding carboxylic acids is 1. The van der Waals surface area contributed by atoms with E-state index >= 15 is 0 Å². The maximum Gasteiger partial charge on any atom is 0.321 e. The Bertz CT molecular complexity index is 894. The number of nitrogens with zero attached hydrogens (tertiary/aromatic N) is 3. The maximum atomic E-state index is 12.7. The maximum absolute atomic E-state index is 12.7. The lowest BCUT2D eigenvalue weighted by molar-refractivity contribution is 0.194. The van der Waals surface area contributed by atoms with Gasteiger partial charge in [-0.15, -0.1) is 0 Å². The van der Waals surface area contributed by atoms with Gasteiger partial charge in [-0.1, -0.05) is 23.7 Å². The molecule has 0 spiro atoms. The molecule has 3 aliphatic heterocycles. The number of hydrogen-bond acceptors (Lipinski definition) is 3. The molecule has 0 radical (unpaired) electrons. The minimum Gasteiger partial charge on any atom is -0.371 e. The van der Waals surface area contributed by atoms with Gasteiger partial charge in [0.15, 0.2) is 0 Å². The molecule has 164 valence electrons. The summed E-state index contributed by atoms with van der Waals surface area (Å²) in [6.45, 7) is 6.27. The fourth-order valence-corrected chi connectivity index (χ4v) is 5.67. The monoisotopic (exact) mass is 438 g/mol. The largest absolute Gasteiger partial charge is 0.371 e. The van der Waals surface area contributed by atoms with Crippen molar-refractivity contribution in [3.63, 3.8) is 0 Å². The molecular weight excluding hydrogens is 408 g/mol. The molecule has 2 aromatic rings. The molecule has 0 aromatic heterocycles. The van der Waals surface area contributed by atoms with E-state index in [1.807, 2.05) is 29.2 Å². The third-order valence-electron chi connectivity index (χ3n) is 7.28. The van der Waals surface area contributed by atoms with E-state index in [1.165, 1.54) is 24.3 Å². The molecule has 0 unspecified atom stereocenters. The van der Waals surface area contributed by atoms with Crippen LogP contribution in [-0.4, -0.2) is 62.1 Å². The van der Waals surface area contributed by atoms with Crippen molar-refractivity contribution in [3.8, 4) is 0 Å². The number of halogens is 1. The summed E-state index contributed by atoms with van der Waals surface area (Å²) < 4.78 is 0. The van der Waals surface area contributed by atoms with Gasteiger partial charge in [0.2, 0.25) is 0 Å². The zero-order valence-electron chi connectivity index (χ0n) is 18.1. The molecule has 0 saturated carbocycles. The molecule has 3 heterocycles. The number of amides is 2. The van der Waals surface area contributed by atoms with Crippen molar-refractivity contribution in [2.45, 2.75) is 18.8 Å². The number of anilines is 2. The third kappa shape index (κ3) is 4.53. The van der Waals surface area contributed by atoms with Gasteiger partial charge in [0.25, 0.3) is 0 Å². The lowest BCUT2D eigenvalue weighted by atomic mass is 9.89. The van der Waals surface area contributed by atoms with Crippen molar-refractivity contribution in [1.29, 1.82) is 0 Å². The van der Waals surface area contributed by atoms with Crippen LogP contribution in [0, 0.1) is 11.8 Å². The molecule has 3 saturated heterocycles. The zero-order valence-corrected chi connectivity index (χ0v) is 18.9. The fourth-order valence-electron chi connectivity index (χ4n) is 5.55. The topological polar surface area (TPSA) is 38.8 Å². The van der Waals surface area contributed by atoms with Crippen LogP contribution in [0.4, 0.5) is 16.2 Å². The van der Waals surface area contributed by atoms with E-state index < -0.39 is 0 Å². The first-order valence-corrected chi connectivity index (χ1v) is 11.8. The van der Waals surface area contributed by atoms with E-state index in [-0.39, 0.29) is 6.03 Å². The Morgan fingerprint density at radius 3 is 2.13 bits per heavy atom. The van der Waals surface area contributed by atoms with Crippen molar-refractivity contribution < 1.29 is 4.79 Å². The number of nitrogens with one attached hydrogen (secondary N) is 1. The fraction of sp³-hybridized carbons (Fsp3) is 0.480. The van der Waals surface area contributed by atoms with Crippen molar-refractivity contribution in [3.05, 3.63) is 59.1 Å². The highest BCUT2D eigenvalue weighted by Crippen LogP contribution is 2.34. The Balaban J connectivity index is 1.12. The molecular formula is C25H31ClN4O. The van der Waals surface area contributed by atoms with Gasteiger partial charge in [-0.25, -0.2) is 4.79 Å². The van der Waals surface area contributed by atoms with Crippen LogP contribution in [0.25, 0.3) is 0 Å². The average Bonchev–Trinajstić information content (AvgIpc) is 3.32. The van der Waals surface area contributed by atoms with E-state index in [0.717, 1.165) is 61.6 Å². The summed E-state index contributed by atoms with van der Waals surface area (Å²) in [4.78, 5) is 19.6. The van der Waals surface area contributed by atoms with Gasteiger partial charge < -0.3 is 20.0 Å². The van der Waals surface area contributed by atoms with Crippen LogP contribution >= 0.6 is 11.6 Å². The second kappa shape index (κ2) is 8.71. The molecule has 3 fully saturated rings. The highest BCUT2D eigenvalue weighted by Gasteiger charge is 2.38. The lowest BCUT2D eigenvalue weighted by Gasteiger charge is -2.32. The molecule has 5 nitrogen and oxygen atoms in total. The van der Waals surface area contributed by atoms with Crippen molar-refractivity contribution in [2.75, 3.05) is 56.5 Å². The molecule has 1 N–H and O–H groups in total. The predicted molar refractivity (Wildman–Crippen MR) is 127 cm³/mol. The molecule has 2 atom stereocenters. The smallest absolute Gasteiger partial charge is 0.321 e. The minimum atomic E-state index is 0.000970. The SMILES string of the molecule is CN1C[C@@H]2CN(c3ccc(NC(=O)N4CCC(c5ccc(Cl)cc5)CC4)cc3)C[C@@H]2C1. The lowest BCUT2D eigenvalue weighted by Crippen LogP contribution is -2.40. The van der Waals surface area contributed by atoms with Gasteiger partial charge in [0.05, 0.1) is 0 Å². The second-order valence-corrected chi connectivity index (χ2v) is 9.87. The van der Waals surface area contributed by atoms with E-state index in [9.17, 15) is 4.79 Å². The van der Waals surface area contributed by atoms with Crippen LogP contribution in [0.15, 0.2) is 48.5 Å². The second-order valence-electron chi connectivity index (χ2n) is 9.44. The summed E-state index contributed by atoms with van der Waals surface area (Å²) in [6.07, 6.45) is 1.97. The molecule has 31 heavy (non-hydrogen) atoms. The van der Waals surface area contributed by atoms with Gasteiger partial charge in [0, 0.05) is 55.7 Å². The normalized spacial score (nSPS) is 24.5. The molecule has 2 aromatic carbocycles. The van der Waals surface area contributed by atoms with E-state index in [0.29, 0.717) is 5.92 Å². The summed E-state index contributed by atoms with van der Waals surface area (Å²) in [7, 11) is 2.22. The van der Waals surface area contributed by atoms with Crippen LogP contribution in [0.5, 0.6) is 0 Å². The number of benzene rings is 2. The van der Waals surface area contributed by atoms with Gasteiger partial charge in [-0.05, 0) is 79.6 Å². The number of rotatable bonds is 3. The first kappa shape index (κ1) is 20.7. The number of carbonyl (C=O) groups is 1. The van der Waals surface area contributed by atoms with Gasteiger partial charge in [-0.2, -0.15) is 0 Å². The first-order chi connectivity index (χ1) is 15.0. The quantitative estimate of drug-likeness (QED) is 0.751. The van der Waals surface area contributed by atoms with Crippen molar-refractivity contribution >= 4 is 29.0 Å². The van der Waals surface area contributed by atoms with Crippen LogP contribution in [0.2, 0.25) is 5.02 Å². The highest BCUT2D eigenvalue weighted by molar-refractivity contribution is 6.30. The highest BCUT2D eigenvalue weighted by atomic mass is 35.5. The van der Waals surface area contributed by atoms with Crippen LogP contribution in [0.3, 0.4) is 0 Å². The average molecular weight is 439 g/mol. The minimum absolute atomic E-state index is 0.000970. The van der Waals surface area contributed by atoms with E-state index in [4.69, 9.17) is 11.6 Å². The summed E-state index contributed by atoms with van der Waals surface area (Å²) in [5, 5.41) is 3.85. The summed E-state index contributed by atoms with van der Waals surface area (Å²) in [5.74, 6) is 2.08. The number of fused-ring (bicyclic) bond motifs is 1. The molecule has 0 aliphatic carbocycles. The molecule has 3 aliphatic rings. The Labute approximate surface area is 190 Å². The first-order valence-electron chi connectivity index (χ1n) is 11.4. The Hall–Kier alpha value is -2.24. The van der Waals surface area contributed by atoms with E-state index in [1.54, 1.807) is 0 Å². The molecule has 5 rings (SSSR count). The van der Waals surface area contributed by atoms with Crippen LogP contribution < -0.4 is 10.2 Å². The molecule has 6 heteroatoms. The molecule has 2 amide bonds. The van der Waals surface area contributed by atoms with Gasteiger partial charge >= 0.3 is 6.03 Å². The Morgan fingerprint density at radius 2 is 1.52 bits per heavy atom. The van der Waals surface area contributed by atoms with Crippen molar-refractivity contribution in [2.24, 2.45) is 11.8 Å². The Morgan fingerprint density at radius 1 is 0.903 bits per heavy atom. The summed E-state index contributed by atoms with van der Waals surface area (Å²) >= 11 is 6.00. The summed E-state index contributed by atoms with van der Waals surface area (Å²) in [6, 6.07) is 16.5. The zero-order chi connectivity index (χ0) is 21.4.